The van der Waals surface area contributed by atoms with Crippen LogP contribution in [0.3, 0.4) is 0 Å². The molecule has 0 aliphatic rings. The lowest BCUT2D eigenvalue weighted by Gasteiger charge is -2.15. The molecule has 9 heteroatoms. The van der Waals surface area contributed by atoms with Crippen LogP contribution >= 0.6 is 0 Å². The van der Waals surface area contributed by atoms with E-state index >= 15 is 0 Å². The first-order chi connectivity index (χ1) is 7.03. The summed E-state index contributed by atoms with van der Waals surface area (Å²) < 4.78 is 64.3. The summed E-state index contributed by atoms with van der Waals surface area (Å²) >= 11 is 0. The van der Waals surface area contributed by atoms with Gasteiger partial charge in [0.15, 0.2) is 0 Å². The molecular weight excluding hydrogens is 258 g/mol. The van der Waals surface area contributed by atoms with Crippen LogP contribution in [0.2, 0.25) is 0 Å². The van der Waals surface area contributed by atoms with Crippen molar-refractivity contribution in [2.45, 2.75) is 16.7 Å². The van der Waals surface area contributed by atoms with E-state index in [1.165, 1.54) is 6.92 Å². The van der Waals surface area contributed by atoms with Gasteiger partial charge in [-0.25, -0.2) is 16.8 Å². The molecule has 0 bridgehead atoms. The van der Waals surface area contributed by atoms with Crippen LogP contribution in [0, 0.1) is 6.92 Å². The van der Waals surface area contributed by atoms with E-state index in [0.29, 0.717) is 6.07 Å². The molecule has 90 valence electrons. The fraction of sp³-hybridized carbons (Fsp3) is 0.143. The van der Waals surface area contributed by atoms with Crippen molar-refractivity contribution in [3.8, 4) is 0 Å². The molecule has 7 nitrogen and oxygen atoms in total. The lowest BCUT2D eigenvalue weighted by molar-refractivity contribution is 0.458. The molecule has 1 aromatic rings. The van der Waals surface area contributed by atoms with Gasteiger partial charge in [-0.05, 0) is 24.6 Å². The maximum atomic E-state index is 10.7. The quantitative estimate of drug-likeness (QED) is 0.555. The van der Waals surface area contributed by atoms with Crippen LogP contribution in [0.1, 0.15) is 5.56 Å². The fourth-order valence-corrected chi connectivity index (χ4v) is 2.56. The SMILES string of the molecule is Cc1cc(S(=O)(=O)[O-])c(N)cc1S(=O)(=O)[O-]. The minimum atomic E-state index is -4.79. The van der Waals surface area contributed by atoms with Crippen LogP contribution in [-0.2, 0) is 20.2 Å². The Morgan fingerprint density at radius 1 is 1.00 bits per heavy atom. The summed E-state index contributed by atoms with van der Waals surface area (Å²) in [5.74, 6) is 0. The lowest BCUT2D eigenvalue weighted by Crippen LogP contribution is -2.08. The molecule has 0 saturated heterocycles. The molecule has 0 amide bonds. The number of hydrogen-bond acceptors (Lipinski definition) is 7. The minimum Gasteiger partial charge on any atom is -0.744 e. The molecule has 0 radical (unpaired) electrons. The molecule has 0 aromatic heterocycles. The number of nitrogen functional groups attached to an aromatic ring is 1. The first kappa shape index (κ1) is 12.9. The average molecular weight is 265 g/mol. The van der Waals surface area contributed by atoms with Crippen molar-refractivity contribution in [2.75, 3.05) is 5.73 Å². The average Bonchev–Trinajstić information content (AvgIpc) is 2.04. The number of rotatable bonds is 2. The van der Waals surface area contributed by atoms with Crippen molar-refractivity contribution in [1.82, 2.24) is 0 Å². The van der Waals surface area contributed by atoms with Gasteiger partial charge in [0, 0.05) is 0 Å². The van der Waals surface area contributed by atoms with Crippen LogP contribution in [0.15, 0.2) is 21.9 Å². The molecule has 0 fully saturated rings. The Morgan fingerprint density at radius 3 is 1.81 bits per heavy atom. The summed E-state index contributed by atoms with van der Waals surface area (Å²) in [6, 6.07) is 1.44. The maximum Gasteiger partial charge on any atom is 0.126 e. The van der Waals surface area contributed by atoms with Gasteiger partial charge in [-0.3, -0.25) is 0 Å². The van der Waals surface area contributed by atoms with Crippen molar-refractivity contribution in [3.05, 3.63) is 17.7 Å². The Hall–Kier alpha value is -1.16. The molecule has 0 aliphatic heterocycles. The zero-order valence-electron chi connectivity index (χ0n) is 8.00. The highest BCUT2D eigenvalue weighted by atomic mass is 32.2. The third kappa shape index (κ3) is 2.50. The van der Waals surface area contributed by atoms with E-state index < -0.39 is 35.7 Å². The van der Waals surface area contributed by atoms with Crippen molar-refractivity contribution in [2.24, 2.45) is 0 Å². The van der Waals surface area contributed by atoms with E-state index in [4.69, 9.17) is 5.73 Å². The highest BCUT2D eigenvalue weighted by Crippen LogP contribution is 2.25. The molecule has 0 saturated carbocycles. The van der Waals surface area contributed by atoms with Gasteiger partial charge in [0.25, 0.3) is 0 Å². The Bertz CT molecular complexity index is 573. The number of hydrogen-bond donors (Lipinski definition) is 1. The fourth-order valence-electron chi connectivity index (χ4n) is 1.16. The Labute approximate surface area is 92.4 Å². The monoisotopic (exact) mass is 265 g/mol. The molecule has 0 heterocycles. The molecule has 0 atom stereocenters. The third-order valence-corrected chi connectivity index (χ3v) is 3.72. The second kappa shape index (κ2) is 3.70. The topological polar surface area (TPSA) is 140 Å². The van der Waals surface area contributed by atoms with Crippen LogP contribution in [0.25, 0.3) is 0 Å². The van der Waals surface area contributed by atoms with Gasteiger partial charge in [-0.1, -0.05) is 0 Å². The molecular formula is C7H7NO6S2-2. The summed E-state index contributed by atoms with van der Waals surface area (Å²) in [5.41, 5.74) is 4.49. The second-order valence-corrected chi connectivity index (χ2v) is 5.76. The zero-order chi connectivity index (χ0) is 12.7. The predicted octanol–water partition coefficient (Wildman–Crippen LogP) is -0.615. The molecule has 2 N–H and O–H groups in total. The van der Waals surface area contributed by atoms with E-state index in [1.807, 2.05) is 0 Å². The van der Waals surface area contributed by atoms with Crippen molar-refractivity contribution in [3.63, 3.8) is 0 Å². The van der Waals surface area contributed by atoms with Crippen LogP contribution in [-0.4, -0.2) is 25.9 Å². The van der Waals surface area contributed by atoms with Gasteiger partial charge < -0.3 is 14.8 Å². The standard InChI is InChI=1S/C7H9NO6S2/c1-4-2-7(16(12,13)14)5(8)3-6(4)15(9,10)11/h2-3H,8H2,1H3,(H,9,10,11)(H,12,13,14)/p-2. The third-order valence-electron chi connectivity index (χ3n) is 1.85. The molecule has 0 aliphatic carbocycles. The van der Waals surface area contributed by atoms with E-state index in [1.54, 1.807) is 0 Å². The highest BCUT2D eigenvalue weighted by molar-refractivity contribution is 7.86. The zero-order valence-corrected chi connectivity index (χ0v) is 9.63. The molecule has 16 heavy (non-hydrogen) atoms. The van der Waals surface area contributed by atoms with Crippen molar-refractivity contribution in [1.29, 1.82) is 0 Å². The normalized spacial score (nSPS) is 12.7. The minimum absolute atomic E-state index is 0.140. The number of aryl methyl sites for hydroxylation is 1. The summed E-state index contributed by atoms with van der Waals surface area (Å²) in [6.45, 7) is 1.19. The Morgan fingerprint density at radius 2 is 1.44 bits per heavy atom. The predicted molar refractivity (Wildman–Crippen MR) is 51.5 cm³/mol. The van der Waals surface area contributed by atoms with Crippen molar-refractivity contribution < 1.29 is 25.9 Å². The van der Waals surface area contributed by atoms with E-state index in [9.17, 15) is 25.9 Å². The van der Waals surface area contributed by atoms with Crippen LogP contribution in [0.4, 0.5) is 5.69 Å². The van der Waals surface area contributed by atoms with Gasteiger partial charge in [-0.15, -0.1) is 0 Å². The lowest BCUT2D eigenvalue weighted by atomic mass is 10.2. The summed E-state index contributed by atoms with van der Waals surface area (Å²) in [5, 5.41) is 0. The largest absolute Gasteiger partial charge is 0.744 e. The molecule has 1 aromatic carbocycles. The summed E-state index contributed by atoms with van der Waals surface area (Å²) in [4.78, 5) is -1.38. The smallest absolute Gasteiger partial charge is 0.126 e. The van der Waals surface area contributed by atoms with E-state index in [2.05, 4.69) is 0 Å². The Kier molecular flexibility index (Phi) is 2.98. The van der Waals surface area contributed by atoms with Crippen molar-refractivity contribution >= 4 is 25.9 Å². The first-order valence-corrected chi connectivity index (χ1v) is 6.67. The van der Waals surface area contributed by atoms with Gasteiger partial charge >= 0.3 is 0 Å². The van der Waals surface area contributed by atoms with Crippen LogP contribution in [0.5, 0.6) is 0 Å². The summed E-state index contributed by atoms with van der Waals surface area (Å²) in [7, 11) is -9.54. The van der Waals surface area contributed by atoms with Gasteiger partial charge in [0.1, 0.15) is 20.2 Å². The van der Waals surface area contributed by atoms with Crippen LogP contribution < -0.4 is 5.73 Å². The van der Waals surface area contributed by atoms with Gasteiger partial charge in [0.05, 0.1) is 15.5 Å². The van der Waals surface area contributed by atoms with Gasteiger partial charge in [0.2, 0.25) is 0 Å². The number of nitrogens with two attached hydrogens (primary N) is 1. The Balaban J connectivity index is 3.65. The van der Waals surface area contributed by atoms with Gasteiger partial charge in [-0.2, -0.15) is 0 Å². The number of benzene rings is 1. The number of anilines is 1. The van der Waals surface area contributed by atoms with E-state index in [0.717, 1.165) is 6.07 Å². The maximum absolute atomic E-state index is 10.7. The highest BCUT2D eigenvalue weighted by Gasteiger charge is 2.13. The molecule has 1 rings (SSSR count). The van der Waals surface area contributed by atoms with E-state index in [-0.39, 0.29) is 5.56 Å². The first-order valence-electron chi connectivity index (χ1n) is 3.85. The molecule has 0 spiro atoms. The second-order valence-electron chi connectivity index (χ2n) is 3.06. The molecule has 0 unspecified atom stereocenters. The summed E-state index contributed by atoms with van der Waals surface area (Å²) in [6.07, 6.45) is 0.